The van der Waals surface area contributed by atoms with Gasteiger partial charge in [-0.2, -0.15) is 5.26 Å². The summed E-state index contributed by atoms with van der Waals surface area (Å²) in [5.74, 6) is -2.38. The molecule has 0 aliphatic rings. The van der Waals surface area contributed by atoms with E-state index in [1.54, 1.807) is 12.1 Å². The van der Waals surface area contributed by atoms with Gasteiger partial charge < -0.3 is 10.5 Å². The molecule has 30 heavy (non-hydrogen) atoms. The van der Waals surface area contributed by atoms with Gasteiger partial charge in [0.15, 0.2) is 11.6 Å². The number of rotatable bonds is 5. The molecule has 0 saturated carbocycles. The molecule has 4 rings (SSSR count). The molecule has 148 valence electrons. The molecule has 2 aromatic carbocycles. The van der Waals surface area contributed by atoms with Crippen molar-refractivity contribution in [3.8, 4) is 17.7 Å². The van der Waals surface area contributed by atoms with Crippen molar-refractivity contribution < 1.29 is 13.9 Å². The summed E-state index contributed by atoms with van der Waals surface area (Å²) in [6, 6.07) is 14.7. The van der Waals surface area contributed by atoms with Crippen LogP contribution in [0.5, 0.6) is 11.6 Å². The Morgan fingerprint density at radius 1 is 1.27 bits per heavy atom. The first-order chi connectivity index (χ1) is 14.5. The quantitative estimate of drug-likeness (QED) is 0.436. The van der Waals surface area contributed by atoms with Crippen molar-refractivity contribution in [2.24, 2.45) is 5.73 Å². The number of hydrogen-bond donors (Lipinski definition) is 1. The van der Waals surface area contributed by atoms with Gasteiger partial charge in [-0.25, -0.2) is 14.4 Å². The topological polar surface area (TPSA) is 102 Å². The van der Waals surface area contributed by atoms with E-state index in [4.69, 9.17) is 15.7 Å². The Morgan fingerprint density at radius 2 is 2.10 bits per heavy atom. The third-order valence-corrected chi connectivity index (χ3v) is 5.88. The summed E-state index contributed by atoms with van der Waals surface area (Å²) in [6.45, 7) is 0. The molecule has 0 spiro atoms. The Bertz CT molecular complexity index is 1320. The highest BCUT2D eigenvalue weighted by molar-refractivity contribution is 9.10. The molecule has 9 heteroatoms. The van der Waals surface area contributed by atoms with Gasteiger partial charge in [-0.15, -0.1) is 11.3 Å². The Morgan fingerprint density at radius 3 is 2.83 bits per heavy atom. The third-order valence-electron chi connectivity index (χ3n) is 4.29. The second-order valence-electron chi connectivity index (χ2n) is 6.26. The summed E-state index contributed by atoms with van der Waals surface area (Å²) in [5, 5.41) is 9.60. The molecule has 0 bridgehead atoms. The molecular weight excluding hydrogens is 471 g/mol. The zero-order chi connectivity index (χ0) is 21.3. The molecule has 6 nitrogen and oxygen atoms in total. The van der Waals surface area contributed by atoms with Gasteiger partial charge in [0.1, 0.15) is 22.6 Å². The van der Waals surface area contributed by atoms with Crippen LogP contribution >= 0.6 is 27.3 Å². The molecule has 4 aromatic rings. The number of benzene rings is 2. The van der Waals surface area contributed by atoms with Crippen molar-refractivity contribution in [3.63, 3.8) is 0 Å². The fraction of sp³-hybridized carbons (Fsp3) is 0.0476. The number of halogens is 2. The van der Waals surface area contributed by atoms with Crippen LogP contribution < -0.4 is 10.5 Å². The number of carbonyl (C=O) groups is 1. The van der Waals surface area contributed by atoms with E-state index >= 15 is 0 Å². The molecule has 1 atom stereocenters. The van der Waals surface area contributed by atoms with Crippen LogP contribution in [0.2, 0.25) is 0 Å². The van der Waals surface area contributed by atoms with Crippen LogP contribution in [0.4, 0.5) is 4.39 Å². The Hall–Kier alpha value is -3.35. The Labute approximate surface area is 182 Å². The second-order valence-corrected chi connectivity index (χ2v) is 8.24. The minimum absolute atomic E-state index is 0.00477. The number of carbonyl (C=O) groups excluding carboxylic acids is 1. The number of ether oxygens (including phenoxy) is 1. The maximum absolute atomic E-state index is 14.8. The number of fused-ring (bicyclic) bond motifs is 1. The van der Waals surface area contributed by atoms with Crippen LogP contribution in [-0.2, 0) is 4.79 Å². The first-order valence-electron chi connectivity index (χ1n) is 8.64. The molecule has 0 aliphatic carbocycles. The summed E-state index contributed by atoms with van der Waals surface area (Å²) >= 11 is 4.71. The fourth-order valence-electron chi connectivity index (χ4n) is 2.91. The lowest BCUT2D eigenvalue weighted by atomic mass is 9.99. The van der Waals surface area contributed by atoms with Crippen molar-refractivity contribution in [2.45, 2.75) is 5.92 Å². The zero-order valence-electron chi connectivity index (χ0n) is 15.2. The highest BCUT2D eigenvalue weighted by atomic mass is 79.9. The van der Waals surface area contributed by atoms with Gasteiger partial charge in [0.25, 0.3) is 0 Å². The summed E-state index contributed by atoms with van der Waals surface area (Å²) < 4.78 is 22.0. The van der Waals surface area contributed by atoms with E-state index in [1.807, 2.05) is 24.3 Å². The molecule has 0 radical (unpaired) electrons. The predicted molar refractivity (Wildman–Crippen MR) is 114 cm³/mol. The lowest BCUT2D eigenvalue weighted by Gasteiger charge is -2.13. The van der Waals surface area contributed by atoms with Crippen molar-refractivity contribution in [2.75, 3.05) is 0 Å². The maximum Gasteiger partial charge on any atom is 0.237 e. The van der Waals surface area contributed by atoms with Gasteiger partial charge in [0.05, 0.1) is 10.2 Å². The first kappa shape index (κ1) is 19.9. The predicted octanol–water partition coefficient (Wildman–Crippen LogP) is 4.87. The van der Waals surface area contributed by atoms with Gasteiger partial charge >= 0.3 is 0 Å². The third kappa shape index (κ3) is 3.87. The van der Waals surface area contributed by atoms with E-state index < -0.39 is 17.6 Å². The Balaban J connectivity index is 1.70. The summed E-state index contributed by atoms with van der Waals surface area (Å²) in [6.07, 6.45) is 1.44. The van der Waals surface area contributed by atoms with Crippen molar-refractivity contribution in [1.82, 2.24) is 9.97 Å². The molecule has 0 fully saturated rings. The highest BCUT2D eigenvalue weighted by Crippen LogP contribution is 2.35. The zero-order valence-corrected chi connectivity index (χ0v) is 17.6. The SMILES string of the molecule is N#Cc1cccnc1Oc1ccc(C(C(N)=O)c2nc3cc(Br)ccc3s2)cc1F. The average molecular weight is 483 g/mol. The van der Waals surface area contributed by atoms with E-state index in [0.29, 0.717) is 10.6 Å². The number of amides is 1. The van der Waals surface area contributed by atoms with Gasteiger partial charge in [-0.1, -0.05) is 22.0 Å². The number of aromatic nitrogens is 2. The van der Waals surface area contributed by atoms with Crippen molar-refractivity contribution in [1.29, 1.82) is 5.26 Å². The van der Waals surface area contributed by atoms with E-state index in [1.165, 1.54) is 35.7 Å². The van der Waals surface area contributed by atoms with E-state index in [2.05, 4.69) is 25.9 Å². The monoisotopic (exact) mass is 482 g/mol. The van der Waals surface area contributed by atoms with E-state index in [0.717, 1.165) is 14.7 Å². The molecule has 2 heterocycles. The van der Waals surface area contributed by atoms with Crippen LogP contribution in [0, 0.1) is 17.1 Å². The minimum Gasteiger partial charge on any atom is -0.435 e. The second kappa shape index (κ2) is 8.18. The molecule has 1 amide bonds. The molecule has 0 aliphatic heterocycles. The number of nitriles is 1. The summed E-state index contributed by atoms with van der Waals surface area (Å²) in [4.78, 5) is 20.6. The molecule has 1 unspecified atom stereocenters. The largest absolute Gasteiger partial charge is 0.435 e. The van der Waals surface area contributed by atoms with Crippen molar-refractivity contribution in [3.05, 3.63) is 81.2 Å². The number of nitrogens with two attached hydrogens (primary N) is 1. The van der Waals surface area contributed by atoms with Crippen LogP contribution in [0.15, 0.2) is 59.2 Å². The van der Waals surface area contributed by atoms with Crippen LogP contribution in [-0.4, -0.2) is 15.9 Å². The van der Waals surface area contributed by atoms with Crippen LogP contribution in [0.1, 0.15) is 22.1 Å². The van der Waals surface area contributed by atoms with Gasteiger partial charge in [0, 0.05) is 10.7 Å². The normalized spacial score (nSPS) is 11.8. The molecule has 0 saturated heterocycles. The summed E-state index contributed by atoms with van der Waals surface area (Å²) in [5.41, 5.74) is 6.87. The highest BCUT2D eigenvalue weighted by Gasteiger charge is 2.25. The number of nitrogens with zero attached hydrogens (tertiary/aromatic N) is 3. The van der Waals surface area contributed by atoms with Crippen molar-refractivity contribution >= 4 is 43.4 Å². The van der Waals surface area contributed by atoms with Gasteiger partial charge in [-0.3, -0.25) is 4.79 Å². The standard InChI is InChI=1S/C21H12BrFN4O2S/c22-13-4-6-17-15(9-13)27-21(30-17)18(19(25)28)11-3-5-16(14(23)8-11)29-20-12(10-24)2-1-7-26-20/h1-9,18H,(H2,25,28). The minimum atomic E-state index is -0.908. The number of primary amides is 1. The first-order valence-corrected chi connectivity index (χ1v) is 10.2. The summed E-state index contributed by atoms with van der Waals surface area (Å²) in [7, 11) is 0. The van der Waals surface area contributed by atoms with Crippen LogP contribution in [0.3, 0.4) is 0 Å². The molecular formula is C21H12BrFN4O2S. The number of pyridine rings is 1. The lowest BCUT2D eigenvalue weighted by Crippen LogP contribution is -2.22. The average Bonchev–Trinajstić information content (AvgIpc) is 3.12. The lowest BCUT2D eigenvalue weighted by molar-refractivity contribution is -0.118. The van der Waals surface area contributed by atoms with E-state index in [9.17, 15) is 9.18 Å². The van der Waals surface area contributed by atoms with Gasteiger partial charge in [-0.05, 0) is 48.0 Å². The maximum atomic E-state index is 14.8. The fourth-order valence-corrected chi connectivity index (χ4v) is 4.34. The number of hydrogen-bond acceptors (Lipinski definition) is 6. The molecule has 2 aromatic heterocycles. The Kier molecular flexibility index (Phi) is 5.44. The van der Waals surface area contributed by atoms with Gasteiger partial charge in [0.2, 0.25) is 11.8 Å². The smallest absolute Gasteiger partial charge is 0.237 e. The molecule has 2 N–H and O–H groups in total. The van der Waals surface area contributed by atoms with Crippen LogP contribution in [0.25, 0.3) is 10.2 Å². The number of thiazole rings is 1. The van der Waals surface area contributed by atoms with E-state index in [-0.39, 0.29) is 17.2 Å².